The van der Waals surface area contributed by atoms with Gasteiger partial charge in [-0.25, -0.2) is 4.79 Å². The Labute approximate surface area is 152 Å². The molecule has 0 spiro atoms. The molecule has 0 heterocycles. The van der Waals surface area contributed by atoms with Gasteiger partial charge in [0.2, 0.25) is 11.8 Å². The van der Waals surface area contributed by atoms with Crippen molar-refractivity contribution in [1.82, 2.24) is 5.32 Å². The number of nitrogens with one attached hydrogen (secondary N) is 2. The molecule has 0 fully saturated rings. The predicted octanol–water partition coefficient (Wildman–Crippen LogP) is 2.47. The van der Waals surface area contributed by atoms with E-state index in [9.17, 15) is 14.4 Å². The van der Waals surface area contributed by atoms with E-state index < -0.39 is 5.97 Å². The lowest BCUT2D eigenvalue weighted by atomic mass is 10.1. The van der Waals surface area contributed by atoms with Gasteiger partial charge in [-0.05, 0) is 43.7 Å². The zero-order chi connectivity index (χ0) is 18.9. The van der Waals surface area contributed by atoms with Crippen LogP contribution in [0.25, 0.3) is 0 Å². The van der Waals surface area contributed by atoms with E-state index in [2.05, 4.69) is 10.6 Å². The molecule has 2 amide bonds. The molecule has 0 bridgehead atoms. The summed E-state index contributed by atoms with van der Waals surface area (Å²) in [6.07, 6.45) is 0.224. The average Bonchev–Trinajstić information content (AvgIpc) is 2.63. The summed E-state index contributed by atoms with van der Waals surface area (Å²) in [5, 5.41) is 5.25. The number of aryl methyl sites for hydroxylation is 1. The van der Waals surface area contributed by atoms with Crippen LogP contribution in [0, 0.1) is 6.92 Å². The summed E-state index contributed by atoms with van der Waals surface area (Å²) in [5.74, 6) is -0.971. The summed E-state index contributed by atoms with van der Waals surface area (Å²) in [4.78, 5) is 35.4. The number of amides is 2. The molecule has 6 nitrogen and oxygen atoms in total. The molecule has 0 saturated carbocycles. The molecule has 0 aromatic heterocycles. The molecule has 2 aromatic rings. The summed E-state index contributed by atoms with van der Waals surface area (Å²) in [5.41, 5.74) is 2.97. The molecule has 2 rings (SSSR count). The first-order valence-corrected chi connectivity index (χ1v) is 8.37. The third-order valence-corrected chi connectivity index (χ3v) is 3.61. The van der Waals surface area contributed by atoms with Crippen LogP contribution in [-0.4, -0.2) is 30.9 Å². The fourth-order valence-electron chi connectivity index (χ4n) is 2.24. The van der Waals surface area contributed by atoms with E-state index in [0.29, 0.717) is 17.9 Å². The topological polar surface area (TPSA) is 84.5 Å². The van der Waals surface area contributed by atoms with Crippen molar-refractivity contribution >= 4 is 23.5 Å². The molecule has 26 heavy (non-hydrogen) atoms. The Morgan fingerprint density at radius 2 is 1.58 bits per heavy atom. The summed E-state index contributed by atoms with van der Waals surface area (Å²) < 4.78 is 4.90. The number of esters is 1. The number of hydrogen-bond donors (Lipinski definition) is 2. The summed E-state index contributed by atoms with van der Waals surface area (Å²) in [6, 6.07) is 14.0. The average molecular weight is 354 g/mol. The van der Waals surface area contributed by atoms with Crippen molar-refractivity contribution < 1.29 is 19.1 Å². The van der Waals surface area contributed by atoms with Crippen molar-refractivity contribution in [3.8, 4) is 0 Å². The Balaban J connectivity index is 1.78. The van der Waals surface area contributed by atoms with Gasteiger partial charge in [-0.3, -0.25) is 9.59 Å². The highest BCUT2D eigenvalue weighted by Crippen LogP contribution is 2.10. The van der Waals surface area contributed by atoms with Gasteiger partial charge < -0.3 is 15.4 Å². The molecular weight excluding hydrogens is 332 g/mol. The van der Waals surface area contributed by atoms with Gasteiger partial charge in [0.1, 0.15) is 0 Å². The lowest BCUT2D eigenvalue weighted by Gasteiger charge is -2.08. The SMILES string of the molecule is CCOC(=O)c1ccc(NC(=O)CNC(=O)Cc2ccc(C)cc2)cc1. The first-order chi connectivity index (χ1) is 12.5. The summed E-state index contributed by atoms with van der Waals surface area (Å²) in [6.45, 7) is 3.90. The van der Waals surface area contributed by atoms with Crippen molar-refractivity contribution in [2.75, 3.05) is 18.5 Å². The first kappa shape index (κ1) is 19.2. The molecule has 2 N–H and O–H groups in total. The lowest BCUT2D eigenvalue weighted by Crippen LogP contribution is -2.33. The van der Waals surface area contributed by atoms with E-state index in [0.717, 1.165) is 11.1 Å². The van der Waals surface area contributed by atoms with Crippen molar-refractivity contribution in [1.29, 1.82) is 0 Å². The van der Waals surface area contributed by atoms with Crippen LogP contribution in [0.3, 0.4) is 0 Å². The largest absolute Gasteiger partial charge is 0.462 e. The van der Waals surface area contributed by atoms with E-state index >= 15 is 0 Å². The number of benzene rings is 2. The van der Waals surface area contributed by atoms with E-state index in [1.54, 1.807) is 31.2 Å². The van der Waals surface area contributed by atoms with Crippen LogP contribution in [-0.2, 0) is 20.7 Å². The van der Waals surface area contributed by atoms with Crippen LogP contribution in [0.15, 0.2) is 48.5 Å². The first-order valence-electron chi connectivity index (χ1n) is 8.37. The second-order valence-electron chi connectivity index (χ2n) is 5.79. The highest BCUT2D eigenvalue weighted by atomic mass is 16.5. The molecule has 0 saturated heterocycles. The van der Waals surface area contributed by atoms with E-state index in [1.807, 2.05) is 31.2 Å². The second-order valence-corrected chi connectivity index (χ2v) is 5.79. The zero-order valence-corrected chi connectivity index (χ0v) is 14.9. The normalized spacial score (nSPS) is 10.1. The van der Waals surface area contributed by atoms with Crippen LogP contribution < -0.4 is 10.6 Å². The van der Waals surface area contributed by atoms with Gasteiger partial charge >= 0.3 is 5.97 Å². The number of ether oxygens (including phenoxy) is 1. The Hall–Kier alpha value is -3.15. The van der Waals surface area contributed by atoms with Crippen LogP contribution >= 0.6 is 0 Å². The summed E-state index contributed by atoms with van der Waals surface area (Å²) >= 11 is 0. The van der Waals surface area contributed by atoms with E-state index in [1.165, 1.54) is 0 Å². The van der Waals surface area contributed by atoms with Gasteiger partial charge in [-0.2, -0.15) is 0 Å². The number of hydrogen-bond acceptors (Lipinski definition) is 4. The van der Waals surface area contributed by atoms with Gasteiger partial charge in [0, 0.05) is 5.69 Å². The number of rotatable bonds is 7. The highest BCUT2D eigenvalue weighted by molar-refractivity contribution is 5.95. The smallest absolute Gasteiger partial charge is 0.338 e. The molecule has 136 valence electrons. The molecule has 0 unspecified atom stereocenters. The van der Waals surface area contributed by atoms with Crippen molar-refractivity contribution in [3.05, 3.63) is 65.2 Å². The minimum atomic E-state index is -0.409. The maximum absolute atomic E-state index is 11.9. The van der Waals surface area contributed by atoms with Crippen LogP contribution in [0.1, 0.15) is 28.4 Å². The number of carbonyl (C=O) groups is 3. The second kappa shape index (κ2) is 9.36. The van der Waals surface area contributed by atoms with E-state index in [-0.39, 0.29) is 24.8 Å². The maximum atomic E-state index is 11.9. The van der Waals surface area contributed by atoms with Gasteiger partial charge in [0.15, 0.2) is 0 Å². The molecule has 0 aliphatic rings. The molecule has 0 radical (unpaired) electrons. The summed E-state index contributed by atoms with van der Waals surface area (Å²) in [7, 11) is 0. The third-order valence-electron chi connectivity index (χ3n) is 3.61. The minimum absolute atomic E-state index is 0.121. The Kier molecular flexibility index (Phi) is 6.91. The van der Waals surface area contributed by atoms with Crippen LogP contribution in [0.4, 0.5) is 5.69 Å². The molecule has 0 aliphatic carbocycles. The zero-order valence-electron chi connectivity index (χ0n) is 14.9. The van der Waals surface area contributed by atoms with Crippen LogP contribution in [0.5, 0.6) is 0 Å². The van der Waals surface area contributed by atoms with Gasteiger partial charge in [0.25, 0.3) is 0 Å². The quantitative estimate of drug-likeness (QED) is 0.748. The minimum Gasteiger partial charge on any atom is -0.462 e. The molecule has 2 aromatic carbocycles. The lowest BCUT2D eigenvalue weighted by molar-refractivity contribution is -0.123. The van der Waals surface area contributed by atoms with Crippen molar-refractivity contribution in [2.45, 2.75) is 20.3 Å². The molecular formula is C20H22N2O4. The Morgan fingerprint density at radius 3 is 2.19 bits per heavy atom. The fraction of sp³-hybridized carbons (Fsp3) is 0.250. The van der Waals surface area contributed by atoms with Gasteiger partial charge in [-0.1, -0.05) is 29.8 Å². The monoisotopic (exact) mass is 354 g/mol. The third kappa shape index (κ3) is 6.05. The van der Waals surface area contributed by atoms with Gasteiger partial charge in [-0.15, -0.1) is 0 Å². The van der Waals surface area contributed by atoms with E-state index in [4.69, 9.17) is 4.74 Å². The van der Waals surface area contributed by atoms with Crippen molar-refractivity contribution in [2.24, 2.45) is 0 Å². The Morgan fingerprint density at radius 1 is 0.923 bits per heavy atom. The standard InChI is InChI=1S/C20H22N2O4/c1-3-26-20(25)16-8-10-17(11-9-16)22-19(24)13-21-18(23)12-15-6-4-14(2)5-7-15/h4-11H,3,12-13H2,1-2H3,(H,21,23)(H,22,24). The van der Waals surface area contributed by atoms with Gasteiger partial charge in [0.05, 0.1) is 25.1 Å². The van der Waals surface area contributed by atoms with Crippen molar-refractivity contribution in [3.63, 3.8) is 0 Å². The molecule has 6 heteroatoms. The number of carbonyl (C=O) groups excluding carboxylic acids is 3. The highest BCUT2D eigenvalue weighted by Gasteiger charge is 2.09. The predicted molar refractivity (Wildman–Crippen MR) is 98.9 cm³/mol. The number of anilines is 1. The molecule has 0 atom stereocenters. The Bertz CT molecular complexity index is 767. The van der Waals surface area contributed by atoms with Crippen LogP contribution in [0.2, 0.25) is 0 Å². The molecule has 0 aliphatic heterocycles. The maximum Gasteiger partial charge on any atom is 0.338 e. The fourth-order valence-corrected chi connectivity index (χ4v) is 2.24.